The molecule has 3 rings (SSSR count). The van der Waals surface area contributed by atoms with Crippen molar-refractivity contribution < 1.29 is 14.3 Å². The Kier molecular flexibility index (Phi) is 6.72. The van der Waals surface area contributed by atoms with Crippen molar-refractivity contribution in [2.24, 2.45) is 0 Å². The fraction of sp³-hybridized carbons (Fsp3) is 0.300. The van der Waals surface area contributed by atoms with Gasteiger partial charge in [-0.25, -0.2) is 0 Å². The minimum Gasteiger partial charge on any atom is -0.378 e. The van der Waals surface area contributed by atoms with Crippen molar-refractivity contribution in [3.05, 3.63) is 63.6 Å². The second kappa shape index (κ2) is 9.22. The van der Waals surface area contributed by atoms with Crippen LogP contribution < -0.4 is 5.32 Å². The lowest BCUT2D eigenvalue weighted by molar-refractivity contribution is -0.116. The molecule has 0 spiro atoms. The standard InChI is InChI=1S/C20H20Cl2N2O3/c21-15-7-5-14(17(22)13-15)6-8-19(25)23-18-4-2-1-3-16(18)20(26)24-9-11-27-12-10-24/h1-5,7,13H,6,8-12H2,(H,23,25). The average Bonchev–Trinajstić information content (AvgIpc) is 2.68. The van der Waals surface area contributed by atoms with E-state index in [-0.39, 0.29) is 18.2 Å². The Hall–Kier alpha value is -2.08. The van der Waals surface area contributed by atoms with Gasteiger partial charge in [-0.1, -0.05) is 41.4 Å². The van der Waals surface area contributed by atoms with Crippen LogP contribution in [0, 0.1) is 0 Å². The largest absolute Gasteiger partial charge is 0.378 e. The summed E-state index contributed by atoms with van der Waals surface area (Å²) in [5.74, 6) is -0.279. The summed E-state index contributed by atoms with van der Waals surface area (Å²) in [4.78, 5) is 26.9. The molecule has 0 bridgehead atoms. The van der Waals surface area contributed by atoms with Crippen LogP contribution >= 0.6 is 23.2 Å². The predicted octanol–water partition coefficient (Wildman–Crippen LogP) is 4.04. The normalized spacial score (nSPS) is 14.1. The minimum absolute atomic E-state index is 0.102. The molecule has 2 amide bonds. The Labute approximate surface area is 168 Å². The van der Waals surface area contributed by atoms with Gasteiger partial charge in [0.1, 0.15) is 0 Å². The van der Waals surface area contributed by atoms with Gasteiger partial charge in [-0.3, -0.25) is 9.59 Å². The van der Waals surface area contributed by atoms with E-state index in [0.717, 1.165) is 5.56 Å². The molecule has 27 heavy (non-hydrogen) atoms. The Morgan fingerprint density at radius 1 is 1.07 bits per heavy atom. The monoisotopic (exact) mass is 406 g/mol. The van der Waals surface area contributed by atoms with E-state index in [1.807, 2.05) is 6.07 Å². The van der Waals surface area contributed by atoms with Gasteiger partial charge < -0.3 is 15.0 Å². The first-order chi connectivity index (χ1) is 13.0. The lowest BCUT2D eigenvalue weighted by Crippen LogP contribution is -2.41. The first kappa shape index (κ1) is 19.7. The molecular weight excluding hydrogens is 387 g/mol. The van der Waals surface area contributed by atoms with E-state index in [0.29, 0.717) is 54.0 Å². The maximum Gasteiger partial charge on any atom is 0.256 e. The number of para-hydroxylation sites is 1. The molecule has 1 N–H and O–H groups in total. The molecule has 1 saturated heterocycles. The van der Waals surface area contributed by atoms with Gasteiger partial charge in [-0.2, -0.15) is 0 Å². The topological polar surface area (TPSA) is 58.6 Å². The van der Waals surface area contributed by atoms with E-state index in [1.165, 1.54) is 0 Å². The highest BCUT2D eigenvalue weighted by Gasteiger charge is 2.21. The third-order valence-corrected chi connectivity index (χ3v) is 4.95. The summed E-state index contributed by atoms with van der Waals surface area (Å²) < 4.78 is 5.29. The molecule has 1 fully saturated rings. The molecule has 1 aliphatic heterocycles. The average molecular weight is 407 g/mol. The third-order valence-electron chi connectivity index (χ3n) is 4.37. The summed E-state index contributed by atoms with van der Waals surface area (Å²) >= 11 is 12.0. The number of carbonyl (C=O) groups excluding carboxylic acids is 2. The van der Waals surface area contributed by atoms with Gasteiger partial charge in [0.25, 0.3) is 5.91 Å². The van der Waals surface area contributed by atoms with E-state index < -0.39 is 0 Å². The van der Waals surface area contributed by atoms with Crippen molar-refractivity contribution in [1.82, 2.24) is 4.90 Å². The molecule has 2 aromatic carbocycles. The van der Waals surface area contributed by atoms with Crippen molar-refractivity contribution in [3.8, 4) is 0 Å². The number of nitrogens with zero attached hydrogens (tertiary/aromatic N) is 1. The van der Waals surface area contributed by atoms with Gasteiger partial charge in [-0.15, -0.1) is 0 Å². The first-order valence-corrected chi connectivity index (χ1v) is 9.50. The number of rotatable bonds is 5. The number of hydrogen-bond acceptors (Lipinski definition) is 3. The summed E-state index contributed by atoms with van der Waals surface area (Å²) in [6.45, 7) is 2.16. The Morgan fingerprint density at radius 3 is 2.56 bits per heavy atom. The molecule has 1 aliphatic rings. The highest BCUT2D eigenvalue weighted by atomic mass is 35.5. The van der Waals surface area contributed by atoms with E-state index in [9.17, 15) is 9.59 Å². The predicted molar refractivity (Wildman–Crippen MR) is 107 cm³/mol. The summed E-state index contributed by atoms with van der Waals surface area (Å²) in [6.07, 6.45) is 0.739. The molecule has 2 aromatic rings. The fourth-order valence-electron chi connectivity index (χ4n) is 2.90. The highest BCUT2D eigenvalue weighted by Crippen LogP contribution is 2.23. The lowest BCUT2D eigenvalue weighted by atomic mass is 10.1. The minimum atomic E-state index is -0.178. The number of morpholine rings is 1. The van der Waals surface area contributed by atoms with E-state index in [2.05, 4.69) is 5.32 Å². The smallest absolute Gasteiger partial charge is 0.256 e. The highest BCUT2D eigenvalue weighted by molar-refractivity contribution is 6.35. The number of halogens is 2. The SMILES string of the molecule is O=C(CCc1ccc(Cl)cc1Cl)Nc1ccccc1C(=O)N1CCOCC1. The molecule has 0 unspecified atom stereocenters. The Balaban J connectivity index is 1.64. The van der Waals surface area contributed by atoms with E-state index >= 15 is 0 Å². The van der Waals surface area contributed by atoms with Crippen molar-refractivity contribution in [3.63, 3.8) is 0 Å². The number of ether oxygens (including phenoxy) is 1. The Bertz CT molecular complexity index is 836. The van der Waals surface area contributed by atoms with Crippen LogP contribution in [0.3, 0.4) is 0 Å². The van der Waals surface area contributed by atoms with Gasteiger partial charge in [0.2, 0.25) is 5.91 Å². The zero-order chi connectivity index (χ0) is 19.2. The molecule has 0 aliphatic carbocycles. The summed E-state index contributed by atoms with van der Waals surface area (Å²) in [6, 6.07) is 12.3. The van der Waals surface area contributed by atoms with Gasteiger partial charge in [0.05, 0.1) is 24.5 Å². The second-order valence-corrected chi connectivity index (χ2v) is 7.08. The summed E-state index contributed by atoms with van der Waals surface area (Å²) in [5.41, 5.74) is 1.85. The number of benzene rings is 2. The molecule has 7 heteroatoms. The molecule has 0 saturated carbocycles. The van der Waals surface area contributed by atoms with Crippen molar-refractivity contribution in [1.29, 1.82) is 0 Å². The van der Waals surface area contributed by atoms with Crippen molar-refractivity contribution in [2.45, 2.75) is 12.8 Å². The zero-order valence-electron chi connectivity index (χ0n) is 14.7. The van der Waals surface area contributed by atoms with Gasteiger partial charge in [-0.05, 0) is 36.2 Å². The van der Waals surface area contributed by atoms with Gasteiger partial charge in [0, 0.05) is 29.6 Å². The number of aryl methyl sites for hydroxylation is 1. The van der Waals surface area contributed by atoms with Crippen molar-refractivity contribution >= 4 is 40.7 Å². The molecule has 1 heterocycles. The van der Waals surface area contributed by atoms with E-state index in [1.54, 1.807) is 41.3 Å². The molecule has 142 valence electrons. The molecule has 0 radical (unpaired) electrons. The van der Waals surface area contributed by atoms with Crippen LogP contribution in [0.25, 0.3) is 0 Å². The summed E-state index contributed by atoms with van der Waals surface area (Å²) in [7, 11) is 0. The van der Waals surface area contributed by atoms with Crippen LogP contribution in [0.1, 0.15) is 22.3 Å². The third kappa shape index (κ3) is 5.22. The summed E-state index contributed by atoms with van der Waals surface area (Å²) in [5, 5.41) is 3.94. The van der Waals surface area contributed by atoms with Crippen LogP contribution in [0.2, 0.25) is 10.0 Å². The number of carbonyl (C=O) groups is 2. The first-order valence-electron chi connectivity index (χ1n) is 8.74. The number of hydrogen-bond donors (Lipinski definition) is 1. The Morgan fingerprint density at radius 2 is 1.81 bits per heavy atom. The zero-order valence-corrected chi connectivity index (χ0v) is 16.2. The maximum absolute atomic E-state index is 12.7. The number of amides is 2. The number of anilines is 1. The van der Waals surface area contributed by atoms with Crippen molar-refractivity contribution in [2.75, 3.05) is 31.6 Å². The molecule has 5 nitrogen and oxygen atoms in total. The maximum atomic E-state index is 12.7. The van der Waals surface area contributed by atoms with Crippen LogP contribution in [-0.4, -0.2) is 43.0 Å². The lowest BCUT2D eigenvalue weighted by Gasteiger charge is -2.27. The second-order valence-electron chi connectivity index (χ2n) is 6.23. The quantitative estimate of drug-likeness (QED) is 0.814. The molecule has 0 aromatic heterocycles. The van der Waals surface area contributed by atoms with Crippen LogP contribution in [0.15, 0.2) is 42.5 Å². The van der Waals surface area contributed by atoms with Crippen LogP contribution in [-0.2, 0) is 16.0 Å². The van der Waals surface area contributed by atoms with Gasteiger partial charge >= 0.3 is 0 Å². The van der Waals surface area contributed by atoms with Gasteiger partial charge in [0.15, 0.2) is 0 Å². The van der Waals surface area contributed by atoms with Crippen LogP contribution in [0.5, 0.6) is 0 Å². The van der Waals surface area contributed by atoms with E-state index in [4.69, 9.17) is 27.9 Å². The molecular formula is C20H20Cl2N2O3. The fourth-order valence-corrected chi connectivity index (χ4v) is 3.40. The molecule has 0 atom stereocenters. The van der Waals surface area contributed by atoms with Crippen LogP contribution in [0.4, 0.5) is 5.69 Å². The number of nitrogens with one attached hydrogen (secondary N) is 1.